The molecule has 4 heterocycles. The van der Waals surface area contributed by atoms with Crippen molar-refractivity contribution >= 4 is 45.9 Å². The van der Waals surface area contributed by atoms with E-state index in [1.807, 2.05) is 54.8 Å². The van der Waals surface area contributed by atoms with Gasteiger partial charge in [0, 0.05) is 40.3 Å². The Labute approximate surface area is 236 Å². The number of hydrogen-bond donors (Lipinski definition) is 2. The monoisotopic (exact) mass is 553 g/mol. The summed E-state index contributed by atoms with van der Waals surface area (Å²) in [6.45, 7) is 4.62. The lowest BCUT2D eigenvalue weighted by atomic mass is 10.1. The van der Waals surface area contributed by atoms with Gasteiger partial charge < -0.3 is 15.4 Å². The number of halogens is 1. The fourth-order valence-corrected chi connectivity index (χ4v) is 4.98. The van der Waals surface area contributed by atoms with Gasteiger partial charge in [0.2, 0.25) is 0 Å². The van der Waals surface area contributed by atoms with E-state index in [2.05, 4.69) is 30.6 Å². The third kappa shape index (κ3) is 5.13. The van der Waals surface area contributed by atoms with Crippen molar-refractivity contribution in [2.75, 3.05) is 17.2 Å². The van der Waals surface area contributed by atoms with Gasteiger partial charge in [-0.2, -0.15) is 0 Å². The van der Waals surface area contributed by atoms with Crippen molar-refractivity contribution in [3.8, 4) is 11.3 Å². The smallest absolute Gasteiger partial charge is 0.255 e. The van der Waals surface area contributed by atoms with Gasteiger partial charge in [-0.3, -0.25) is 9.36 Å². The number of fused-ring (bicyclic) bond motifs is 1. The summed E-state index contributed by atoms with van der Waals surface area (Å²) in [6, 6.07) is 14.8. The number of amides is 1. The molecule has 3 aromatic heterocycles. The van der Waals surface area contributed by atoms with Crippen molar-refractivity contribution in [2.45, 2.75) is 39.3 Å². The maximum absolute atomic E-state index is 12.9. The number of hydrogen-bond acceptors (Lipinski definition) is 7. The summed E-state index contributed by atoms with van der Waals surface area (Å²) < 4.78 is 7.96. The first-order valence-electron chi connectivity index (χ1n) is 13.2. The number of anilines is 3. The minimum absolute atomic E-state index is 0.0791. The molecule has 2 aromatic carbocycles. The zero-order valence-electron chi connectivity index (χ0n) is 22.2. The van der Waals surface area contributed by atoms with E-state index < -0.39 is 0 Å². The predicted octanol–water partition coefficient (Wildman–Crippen LogP) is 6.85. The molecule has 0 aliphatic carbocycles. The summed E-state index contributed by atoms with van der Waals surface area (Å²) in [5.41, 5.74) is 6.70. The largest absolute Gasteiger partial charge is 0.358 e. The highest BCUT2D eigenvalue weighted by molar-refractivity contribution is 6.31. The Morgan fingerprint density at radius 1 is 1.02 bits per heavy atom. The van der Waals surface area contributed by atoms with Crippen molar-refractivity contribution in [2.24, 2.45) is 0 Å². The molecule has 1 aliphatic heterocycles. The molecule has 1 saturated heterocycles. The standard InChI is InChI=1S/C30H28ClN7O2/c1-18-8-10-20(14-23(18)31)30(39)36-21-11-9-19(2)24(15-21)37-28-22(6-5-12-32-28)26-27-29(34-16-33-26)38(17-35-27)25-7-3-4-13-40-25/h5-6,8-12,14-17,25H,3-4,7,13H2,1-2H3,(H,32,37)(H,36,39). The topological polar surface area (TPSA) is 107 Å². The molecule has 0 spiro atoms. The number of carbonyl (C=O) groups excluding carboxylic acids is 1. The molecule has 10 heteroatoms. The second-order valence-corrected chi connectivity index (χ2v) is 10.2. The maximum Gasteiger partial charge on any atom is 0.255 e. The van der Waals surface area contributed by atoms with Gasteiger partial charge in [0.25, 0.3) is 5.91 Å². The second-order valence-electron chi connectivity index (χ2n) is 9.84. The van der Waals surface area contributed by atoms with Gasteiger partial charge in [-0.05, 0) is 80.6 Å². The number of aryl methyl sites for hydroxylation is 2. The number of pyridine rings is 1. The van der Waals surface area contributed by atoms with Gasteiger partial charge >= 0.3 is 0 Å². The summed E-state index contributed by atoms with van der Waals surface area (Å²) in [5.74, 6) is 0.374. The molecule has 1 fully saturated rings. The Bertz CT molecular complexity index is 1710. The van der Waals surface area contributed by atoms with Crippen molar-refractivity contribution < 1.29 is 9.53 Å². The van der Waals surface area contributed by atoms with Crippen LogP contribution in [0.25, 0.3) is 22.4 Å². The second kappa shape index (κ2) is 11.0. The molecule has 9 nitrogen and oxygen atoms in total. The lowest BCUT2D eigenvalue weighted by Crippen LogP contribution is -2.17. The number of imidazole rings is 1. The summed E-state index contributed by atoms with van der Waals surface area (Å²) in [6.07, 6.45) is 8.07. The number of benzene rings is 2. The molecule has 2 N–H and O–H groups in total. The fraction of sp³-hybridized carbons (Fsp3) is 0.233. The zero-order chi connectivity index (χ0) is 27.6. The lowest BCUT2D eigenvalue weighted by molar-refractivity contribution is -0.0298. The van der Waals surface area contributed by atoms with E-state index >= 15 is 0 Å². The van der Waals surface area contributed by atoms with Crippen molar-refractivity contribution in [1.82, 2.24) is 24.5 Å². The fourth-order valence-electron chi connectivity index (χ4n) is 4.80. The normalized spacial score (nSPS) is 15.2. The van der Waals surface area contributed by atoms with Crippen LogP contribution in [-0.2, 0) is 4.74 Å². The zero-order valence-corrected chi connectivity index (χ0v) is 22.9. The van der Waals surface area contributed by atoms with Crippen LogP contribution >= 0.6 is 11.6 Å². The molecule has 40 heavy (non-hydrogen) atoms. The molecular weight excluding hydrogens is 526 g/mol. The Morgan fingerprint density at radius 3 is 2.73 bits per heavy atom. The molecule has 5 aromatic rings. The van der Waals surface area contributed by atoms with Crippen molar-refractivity contribution in [1.29, 1.82) is 0 Å². The van der Waals surface area contributed by atoms with Crippen molar-refractivity contribution in [3.05, 3.63) is 89.1 Å². The van der Waals surface area contributed by atoms with Crippen LogP contribution in [0.2, 0.25) is 5.02 Å². The first-order chi connectivity index (χ1) is 19.5. The van der Waals surface area contributed by atoms with Gasteiger partial charge in [0.15, 0.2) is 5.65 Å². The number of rotatable bonds is 6. The molecule has 0 radical (unpaired) electrons. The third-order valence-corrected chi connectivity index (χ3v) is 7.48. The van der Waals surface area contributed by atoms with E-state index in [1.54, 1.807) is 31.0 Å². The molecule has 6 rings (SSSR count). The molecule has 202 valence electrons. The Balaban J connectivity index is 1.30. The van der Waals surface area contributed by atoms with Crippen LogP contribution in [0.5, 0.6) is 0 Å². The van der Waals surface area contributed by atoms with Crippen LogP contribution in [0.1, 0.15) is 47.0 Å². The highest BCUT2D eigenvalue weighted by atomic mass is 35.5. The predicted molar refractivity (Wildman–Crippen MR) is 156 cm³/mol. The SMILES string of the molecule is Cc1ccc(C(=O)Nc2ccc(C)c(Nc3ncccc3-c3ncnc4c3ncn4C3CCCCO3)c2)cc1Cl. The summed E-state index contributed by atoms with van der Waals surface area (Å²) in [7, 11) is 0. The van der Waals surface area contributed by atoms with E-state index in [0.29, 0.717) is 33.3 Å². The maximum atomic E-state index is 12.9. The van der Waals surface area contributed by atoms with Crippen molar-refractivity contribution in [3.63, 3.8) is 0 Å². The number of nitrogens with zero attached hydrogens (tertiary/aromatic N) is 5. The lowest BCUT2D eigenvalue weighted by Gasteiger charge is -2.23. The van der Waals surface area contributed by atoms with Gasteiger partial charge in [0.1, 0.15) is 29.6 Å². The Kier molecular flexibility index (Phi) is 7.15. The number of ether oxygens (including phenoxy) is 1. The Hall–Kier alpha value is -4.34. The van der Waals surface area contributed by atoms with Crippen LogP contribution in [-0.4, -0.2) is 37.0 Å². The van der Waals surface area contributed by atoms with Crippen LogP contribution in [0.4, 0.5) is 17.2 Å². The van der Waals surface area contributed by atoms with Crippen LogP contribution in [0.15, 0.2) is 67.4 Å². The minimum Gasteiger partial charge on any atom is -0.358 e. The molecule has 1 amide bonds. The first-order valence-corrected chi connectivity index (χ1v) is 13.6. The van der Waals surface area contributed by atoms with E-state index in [9.17, 15) is 4.79 Å². The van der Waals surface area contributed by atoms with Crippen LogP contribution < -0.4 is 10.6 Å². The number of nitrogens with one attached hydrogen (secondary N) is 2. The highest BCUT2D eigenvalue weighted by Gasteiger charge is 2.22. The average molecular weight is 554 g/mol. The highest BCUT2D eigenvalue weighted by Crippen LogP contribution is 2.34. The molecule has 0 bridgehead atoms. The number of aromatic nitrogens is 5. The van der Waals surface area contributed by atoms with E-state index in [-0.39, 0.29) is 12.1 Å². The van der Waals surface area contributed by atoms with Gasteiger partial charge in [0.05, 0.1) is 6.33 Å². The van der Waals surface area contributed by atoms with Crippen LogP contribution in [0.3, 0.4) is 0 Å². The van der Waals surface area contributed by atoms with Gasteiger partial charge in [-0.25, -0.2) is 19.9 Å². The molecule has 1 atom stereocenters. The van der Waals surface area contributed by atoms with Gasteiger partial charge in [-0.1, -0.05) is 23.7 Å². The Morgan fingerprint density at radius 2 is 1.90 bits per heavy atom. The molecule has 1 aliphatic rings. The van der Waals surface area contributed by atoms with E-state index in [0.717, 1.165) is 53.9 Å². The third-order valence-electron chi connectivity index (χ3n) is 7.07. The molecular formula is C30H28ClN7O2. The van der Waals surface area contributed by atoms with E-state index in [4.69, 9.17) is 16.3 Å². The summed E-state index contributed by atoms with van der Waals surface area (Å²) in [5, 5.41) is 6.95. The molecule has 1 unspecified atom stereocenters. The average Bonchev–Trinajstić information content (AvgIpc) is 3.41. The quantitative estimate of drug-likeness (QED) is 0.237. The summed E-state index contributed by atoms with van der Waals surface area (Å²) >= 11 is 6.22. The van der Waals surface area contributed by atoms with Gasteiger partial charge in [-0.15, -0.1) is 0 Å². The minimum atomic E-state index is -0.240. The summed E-state index contributed by atoms with van der Waals surface area (Å²) in [4.78, 5) is 31.3. The first kappa shape index (κ1) is 25.9. The molecule has 0 saturated carbocycles. The number of carbonyl (C=O) groups is 1. The van der Waals surface area contributed by atoms with Crippen LogP contribution in [0, 0.1) is 13.8 Å². The van der Waals surface area contributed by atoms with E-state index in [1.165, 1.54) is 0 Å².